The number of unbranched alkanes of at least 4 members (excludes halogenated alkanes) is 3. The number of hydrogen-bond donors (Lipinski definition) is 2. The molecule has 0 rings (SSSR count). The highest BCUT2D eigenvalue weighted by molar-refractivity contribution is 4.68. The van der Waals surface area contributed by atoms with Gasteiger partial charge in [0.15, 0.2) is 0 Å². The van der Waals surface area contributed by atoms with Crippen molar-refractivity contribution >= 4 is 0 Å². The summed E-state index contributed by atoms with van der Waals surface area (Å²) in [5.74, 6) is 0. The second-order valence-electron chi connectivity index (χ2n) is 5.30. The van der Waals surface area contributed by atoms with Gasteiger partial charge in [-0.3, -0.25) is 0 Å². The second kappa shape index (κ2) is 11.9. The highest BCUT2D eigenvalue weighted by Gasteiger charge is 2.10. The molecule has 0 fully saturated rings. The van der Waals surface area contributed by atoms with Crippen LogP contribution in [-0.2, 0) is 0 Å². The summed E-state index contributed by atoms with van der Waals surface area (Å²) in [6.45, 7) is 12.3. The van der Waals surface area contributed by atoms with Gasteiger partial charge in [0, 0.05) is 19.1 Å². The Morgan fingerprint density at radius 1 is 1.06 bits per heavy atom. The molecule has 3 nitrogen and oxygen atoms in total. The van der Waals surface area contributed by atoms with Crippen molar-refractivity contribution in [1.82, 2.24) is 10.2 Å². The minimum absolute atomic E-state index is 0.247. The van der Waals surface area contributed by atoms with Crippen LogP contribution in [-0.4, -0.2) is 48.3 Å². The summed E-state index contributed by atoms with van der Waals surface area (Å²) in [5.41, 5.74) is 0. The molecular weight excluding hydrogens is 224 g/mol. The molecule has 0 aromatic rings. The van der Waals surface area contributed by atoms with Gasteiger partial charge in [-0.2, -0.15) is 0 Å². The zero-order valence-electron chi connectivity index (χ0n) is 12.9. The van der Waals surface area contributed by atoms with E-state index in [0.29, 0.717) is 12.6 Å². The third-order valence-electron chi connectivity index (χ3n) is 3.56. The lowest BCUT2D eigenvalue weighted by Crippen LogP contribution is -2.40. The van der Waals surface area contributed by atoms with Crippen molar-refractivity contribution in [2.24, 2.45) is 0 Å². The molecule has 0 radical (unpaired) electrons. The molecule has 2 atom stereocenters. The third-order valence-corrected chi connectivity index (χ3v) is 3.56. The lowest BCUT2D eigenvalue weighted by molar-refractivity contribution is 0.114. The van der Waals surface area contributed by atoms with Crippen LogP contribution in [0.4, 0.5) is 0 Å². The monoisotopic (exact) mass is 258 g/mol. The molecule has 3 heteroatoms. The second-order valence-corrected chi connectivity index (χ2v) is 5.30. The summed E-state index contributed by atoms with van der Waals surface area (Å²) in [7, 11) is 0. The van der Waals surface area contributed by atoms with Crippen molar-refractivity contribution in [3.05, 3.63) is 0 Å². The Morgan fingerprint density at radius 2 is 1.72 bits per heavy atom. The fourth-order valence-electron chi connectivity index (χ4n) is 2.16. The van der Waals surface area contributed by atoms with E-state index in [1.807, 2.05) is 0 Å². The van der Waals surface area contributed by atoms with E-state index in [1.165, 1.54) is 32.1 Å². The fraction of sp³-hybridized carbons (Fsp3) is 1.00. The average molecular weight is 258 g/mol. The molecule has 0 aliphatic carbocycles. The van der Waals surface area contributed by atoms with Crippen LogP contribution in [0.3, 0.4) is 0 Å². The zero-order valence-corrected chi connectivity index (χ0v) is 12.9. The molecule has 0 heterocycles. The van der Waals surface area contributed by atoms with Crippen molar-refractivity contribution in [2.75, 3.05) is 26.2 Å². The van der Waals surface area contributed by atoms with Gasteiger partial charge in [-0.15, -0.1) is 0 Å². The van der Waals surface area contributed by atoms with Crippen LogP contribution in [0.15, 0.2) is 0 Å². The topological polar surface area (TPSA) is 35.5 Å². The van der Waals surface area contributed by atoms with Crippen molar-refractivity contribution in [3.63, 3.8) is 0 Å². The molecule has 18 heavy (non-hydrogen) atoms. The normalized spacial score (nSPS) is 15.0. The molecule has 0 bridgehead atoms. The Labute approximate surface area is 114 Å². The fourth-order valence-corrected chi connectivity index (χ4v) is 2.16. The predicted octanol–water partition coefficient (Wildman–Crippen LogP) is 2.64. The Balaban J connectivity index is 3.54. The maximum absolute atomic E-state index is 9.94. The van der Waals surface area contributed by atoms with Gasteiger partial charge in [-0.05, 0) is 26.4 Å². The van der Waals surface area contributed by atoms with Crippen molar-refractivity contribution in [3.8, 4) is 0 Å². The van der Waals surface area contributed by atoms with Gasteiger partial charge in [0.05, 0.1) is 6.10 Å². The maximum atomic E-state index is 9.94. The number of nitrogens with one attached hydrogen (secondary N) is 1. The lowest BCUT2D eigenvalue weighted by atomic mass is 10.1. The lowest BCUT2D eigenvalue weighted by Gasteiger charge is -2.23. The van der Waals surface area contributed by atoms with E-state index in [9.17, 15) is 5.11 Å². The molecule has 0 aromatic heterocycles. The molecule has 2 unspecified atom stereocenters. The predicted molar refractivity (Wildman–Crippen MR) is 80.0 cm³/mol. The third kappa shape index (κ3) is 9.86. The van der Waals surface area contributed by atoms with Crippen molar-refractivity contribution in [1.29, 1.82) is 0 Å². The zero-order chi connectivity index (χ0) is 13.8. The van der Waals surface area contributed by atoms with E-state index in [2.05, 4.69) is 37.9 Å². The van der Waals surface area contributed by atoms with E-state index in [4.69, 9.17) is 0 Å². The van der Waals surface area contributed by atoms with E-state index < -0.39 is 0 Å². The number of hydrogen-bond acceptors (Lipinski definition) is 3. The van der Waals surface area contributed by atoms with Crippen LogP contribution < -0.4 is 5.32 Å². The first kappa shape index (κ1) is 17.9. The van der Waals surface area contributed by atoms with Crippen LogP contribution in [0.2, 0.25) is 0 Å². The summed E-state index contributed by atoms with van der Waals surface area (Å²) in [6.07, 6.45) is 6.25. The molecule has 0 saturated carbocycles. The molecule has 0 aliphatic heterocycles. The maximum Gasteiger partial charge on any atom is 0.0791 e. The minimum atomic E-state index is -0.247. The van der Waals surface area contributed by atoms with E-state index in [-0.39, 0.29) is 6.10 Å². The average Bonchev–Trinajstić information content (AvgIpc) is 2.38. The summed E-state index contributed by atoms with van der Waals surface area (Å²) in [5, 5.41) is 13.4. The Morgan fingerprint density at radius 3 is 2.28 bits per heavy atom. The van der Waals surface area contributed by atoms with E-state index >= 15 is 0 Å². The van der Waals surface area contributed by atoms with E-state index in [1.54, 1.807) is 0 Å². The van der Waals surface area contributed by atoms with Gasteiger partial charge in [0.2, 0.25) is 0 Å². The van der Waals surface area contributed by atoms with Gasteiger partial charge in [-0.1, -0.05) is 46.5 Å². The quantitative estimate of drug-likeness (QED) is 0.528. The number of likely N-dealkylation sites (N-methyl/N-ethyl adjacent to an activating group) is 1. The molecule has 0 amide bonds. The van der Waals surface area contributed by atoms with Gasteiger partial charge in [0.25, 0.3) is 0 Å². The molecule has 0 saturated heterocycles. The summed E-state index contributed by atoms with van der Waals surface area (Å²) in [6, 6.07) is 0.521. The Kier molecular flexibility index (Phi) is 11.9. The molecular formula is C15H34N2O. The summed E-state index contributed by atoms with van der Waals surface area (Å²) >= 11 is 0. The minimum Gasteiger partial charge on any atom is -0.390 e. The Hall–Kier alpha value is -0.120. The Bertz CT molecular complexity index is 172. The molecule has 0 aromatic carbocycles. The SMILES string of the molecule is CCCCCCC(C)NCC(O)CN(CC)CC. The molecule has 110 valence electrons. The number of aliphatic hydroxyl groups excluding tert-OH is 1. The highest BCUT2D eigenvalue weighted by atomic mass is 16.3. The number of nitrogens with zero attached hydrogens (tertiary/aromatic N) is 1. The van der Waals surface area contributed by atoms with Crippen molar-refractivity contribution < 1.29 is 5.11 Å². The highest BCUT2D eigenvalue weighted by Crippen LogP contribution is 2.05. The van der Waals surface area contributed by atoms with Gasteiger partial charge >= 0.3 is 0 Å². The van der Waals surface area contributed by atoms with Crippen LogP contribution in [0, 0.1) is 0 Å². The first-order chi connectivity index (χ1) is 8.63. The molecule has 0 aliphatic rings. The van der Waals surface area contributed by atoms with Crippen LogP contribution in [0.5, 0.6) is 0 Å². The van der Waals surface area contributed by atoms with Gasteiger partial charge < -0.3 is 15.3 Å². The first-order valence-electron chi connectivity index (χ1n) is 7.77. The summed E-state index contributed by atoms with van der Waals surface area (Å²) in [4.78, 5) is 2.26. The van der Waals surface area contributed by atoms with Crippen LogP contribution >= 0.6 is 0 Å². The summed E-state index contributed by atoms with van der Waals surface area (Å²) < 4.78 is 0. The van der Waals surface area contributed by atoms with Gasteiger partial charge in [-0.25, -0.2) is 0 Å². The van der Waals surface area contributed by atoms with Crippen molar-refractivity contribution in [2.45, 2.75) is 71.9 Å². The molecule has 2 N–H and O–H groups in total. The van der Waals surface area contributed by atoms with Gasteiger partial charge in [0.1, 0.15) is 0 Å². The van der Waals surface area contributed by atoms with Crippen LogP contribution in [0.25, 0.3) is 0 Å². The number of rotatable bonds is 12. The van der Waals surface area contributed by atoms with E-state index in [0.717, 1.165) is 19.6 Å². The number of aliphatic hydroxyl groups is 1. The molecule has 0 spiro atoms. The standard InChI is InChI=1S/C15H34N2O/c1-5-8-9-10-11-14(4)16-12-15(18)13-17(6-2)7-3/h14-16,18H,5-13H2,1-4H3. The first-order valence-corrected chi connectivity index (χ1v) is 7.77. The smallest absolute Gasteiger partial charge is 0.0791 e. The van der Waals surface area contributed by atoms with Crippen LogP contribution in [0.1, 0.15) is 59.8 Å². The largest absolute Gasteiger partial charge is 0.390 e.